The minimum absolute atomic E-state index is 0.000953. The Morgan fingerprint density at radius 2 is 1.41 bits per heavy atom. The van der Waals surface area contributed by atoms with Crippen LogP contribution in [-0.4, -0.2) is 55.3 Å². The van der Waals surface area contributed by atoms with Crippen LogP contribution in [0.25, 0.3) is 0 Å². The van der Waals surface area contributed by atoms with Crippen LogP contribution in [0.1, 0.15) is 18.9 Å². The highest BCUT2D eigenvalue weighted by Crippen LogP contribution is 2.18. The van der Waals surface area contributed by atoms with Gasteiger partial charge in [-0.2, -0.15) is 0 Å². The summed E-state index contributed by atoms with van der Waals surface area (Å²) in [6.07, 6.45) is 0.300. The monoisotopic (exact) mass is 367 g/mol. The standard InChI is InChI=1S/C22H29N3O2/c1-19(26)24(17-16-23(2)3)15-14-22(27)25(21-12-8-5-9-13-21)18-20-10-6-4-7-11-20/h4-13H,14-18H2,1-3H3. The van der Waals surface area contributed by atoms with Gasteiger partial charge in [0.25, 0.3) is 0 Å². The highest BCUT2D eigenvalue weighted by atomic mass is 16.2. The predicted molar refractivity (Wildman–Crippen MR) is 109 cm³/mol. The topological polar surface area (TPSA) is 43.9 Å². The normalized spacial score (nSPS) is 10.7. The number of carbonyl (C=O) groups is 2. The van der Waals surface area contributed by atoms with E-state index in [1.165, 1.54) is 0 Å². The highest BCUT2D eigenvalue weighted by molar-refractivity contribution is 5.93. The molecule has 2 rings (SSSR count). The van der Waals surface area contributed by atoms with Crippen molar-refractivity contribution in [3.63, 3.8) is 0 Å². The average Bonchev–Trinajstić information content (AvgIpc) is 2.67. The van der Waals surface area contributed by atoms with E-state index in [1.807, 2.05) is 79.7 Å². The molecule has 0 heterocycles. The molecule has 0 fully saturated rings. The molecular formula is C22H29N3O2. The van der Waals surface area contributed by atoms with E-state index >= 15 is 0 Å². The first kappa shape index (κ1) is 20.6. The maximum atomic E-state index is 13.0. The fourth-order valence-corrected chi connectivity index (χ4v) is 2.81. The Kier molecular flexibility index (Phi) is 8.01. The quantitative estimate of drug-likeness (QED) is 0.684. The summed E-state index contributed by atoms with van der Waals surface area (Å²) in [6.45, 7) is 3.90. The Morgan fingerprint density at radius 3 is 1.96 bits per heavy atom. The third-order valence-electron chi connectivity index (χ3n) is 4.41. The number of benzene rings is 2. The number of nitrogens with zero attached hydrogens (tertiary/aromatic N) is 3. The number of amides is 2. The van der Waals surface area contributed by atoms with Crippen molar-refractivity contribution in [2.45, 2.75) is 19.9 Å². The van der Waals surface area contributed by atoms with Crippen LogP contribution in [0.2, 0.25) is 0 Å². The lowest BCUT2D eigenvalue weighted by Crippen LogP contribution is -2.39. The van der Waals surface area contributed by atoms with Crippen molar-refractivity contribution in [1.82, 2.24) is 9.80 Å². The Morgan fingerprint density at radius 1 is 0.815 bits per heavy atom. The van der Waals surface area contributed by atoms with Crippen LogP contribution in [0.4, 0.5) is 5.69 Å². The molecule has 5 heteroatoms. The Hall–Kier alpha value is -2.66. The molecule has 0 aliphatic rings. The molecule has 2 amide bonds. The van der Waals surface area contributed by atoms with Crippen molar-refractivity contribution in [1.29, 1.82) is 0 Å². The van der Waals surface area contributed by atoms with Crippen molar-refractivity contribution in [3.8, 4) is 0 Å². The molecular weight excluding hydrogens is 338 g/mol. The number of hydrogen-bond donors (Lipinski definition) is 0. The first-order valence-electron chi connectivity index (χ1n) is 9.27. The van der Waals surface area contributed by atoms with Gasteiger partial charge in [0.1, 0.15) is 0 Å². The van der Waals surface area contributed by atoms with E-state index in [0.717, 1.165) is 17.8 Å². The summed E-state index contributed by atoms with van der Waals surface area (Å²) in [5.41, 5.74) is 1.94. The fourth-order valence-electron chi connectivity index (χ4n) is 2.81. The lowest BCUT2D eigenvalue weighted by Gasteiger charge is -2.26. The van der Waals surface area contributed by atoms with Gasteiger partial charge in [0.2, 0.25) is 11.8 Å². The molecule has 0 aliphatic heterocycles. The van der Waals surface area contributed by atoms with E-state index in [0.29, 0.717) is 26.1 Å². The molecule has 2 aromatic carbocycles. The Balaban J connectivity index is 2.08. The number of likely N-dealkylation sites (N-methyl/N-ethyl adjacent to an activating group) is 1. The number of hydrogen-bond acceptors (Lipinski definition) is 3. The van der Waals surface area contributed by atoms with Crippen LogP contribution < -0.4 is 4.90 Å². The minimum Gasteiger partial charge on any atom is -0.341 e. The molecule has 0 radical (unpaired) electrons. The molecule has 0 spiro atoms. The second-order valence-corrected chi connectivity index (χ2v) is 6.86. The summed E-state index contributed by atoms with van der Waals surface area (Å²) in [7, 11) is 3.95. The maximum absolute atomic E-state index is 13.0. The predicted octanol–water partition coefficient (Wildman–Crippen LogP) is 3.02. The fraction of sp³-hybridized carbons (Fsp3) is 0.364. The van der Waals surface area contributed by atoms with Gasteiger partial charge in [0.15, 0.2) is 0 Å². The summed E-state index contributed by atoms with van der Waals surface area (Å²) >= 11 is 0. The Bertz CT molecular complexity index is 717. The van der Waals surface area contributed by atoms with Gasteiger partial charge in [0.05, 0.1) is 6.54 Å². The molecule has 0 unspecified atom stereocenters. The lowest BCUT2D eigenvalue weighted by atomic mass is 10.1. The molecule has 27 heavy (non-hydrogen) atoms. The smallest absolute Gasteiger partial charge is 0.229 e. The zero-order chi connectivity index (χ0) is 19.6. The van der Waals surface area contributed by atoms with Gasteiger partial charge in [0, 0.05) is 38.7 Å². The van der Waals surface area contributed by atoms with Crippen molar-refractivity contribution >= 4 is 17.5 Å². The van der Waals surface area contributed by atoms with Gasteiger partial charge in [-0.15, -0.1) is 0 Å². The molecule has 0 saturated carbocycles. The van der Waals surface area contributed by atoms with Gasteiger partial charge >= 0.3 is 0 Å². The molecule has 0 aliphatic carbocycles. The summed E-state index contributed by atoms with van der Waals surface area (Å²) < 4.78 is 0. The lowest BCUT2D eigenvalue weighted by molar-refractivity contribution is -0.129. The van der Waals surface area contributed by atoms with Gasteiger partial charge in [-0.25, -0.2) is 0 Å². The summed E-state index contributed by atoms with van der Waals surface area (Å²) in [6, 6.07) is 19.6. The van der Waals surface area contributed by atoms with Crippen LogP contribution >= 0.6 is 0 Å². The van der Waals surface area contributed by atoms with E-state index in [9.17, 15) is 9.59 Å². The van der Waals surface area contributed by atoms with Crippen molar-refractivity contribution < 1.29 is 9.59 Å². The maximum Gasteiger partial charge on any atom is 0.229 e. The first-order valence-corrected chi connectivity index (χ1v) is 9.27. The molecule has 0 saturated heterocycles. The number of anilines is 1. The minimum atomic E-state index is -0.000953. The molecule has 144 valence electrons. The summed E-state index contributed by atoms with van der Waals surface area (Å²) in [5, 5.41) is 0. The van der Waals surface area contributed by atoms with Gasteiger partial charge in [-0.3, -0.25) is 9.59 Å². The number of carbonyl (C=O) groups excluding carboxylic acids is 2. The van der Waals surface area contributed by atoms with Crippen LogP contribution in [0.3, 0.4) is 0 Å². The van der Waals surface area contributed by atoms with E-state index in [-0.39, 0.29) is 11.8 Å². The Labute approximate surface area is 162 Å². The average molecular weight is 367 g/mol. The van der Waals surface area contributed by atoms with E-state index in [4.69, 9.17) is 0 Å². The van der Waals surface area contributed by atoms with Crippen molar-refractivity contribution in [2.75, 3.05) is 38.6 Å². The largest absolute Gasteiger partial charge is 0.341 e. The third kappa shape index (κ3) is 6.87. The number of rotatable bonds is 9. The van der Waals surface area contributed by atoms with Crippen molar-refractivity contribution in [2.24, 2.45) is 0 Å². The second-order valence-electron chi connectivity index (χ2n) is 6.86. The third-order valence-corrected chi connectivity index (χ3v) is 4.41. The van der Waals surface area contributed by atoms with Gasteiger partial charge < -0.3 is 14.7 Å². The second kappa shape index (κ2) is 10.5. The highest BCUT2D eigenvalue weighted by Gasteiger charge is 2.18. The zero-order valence-electron chi connectivity index (χ0n) is 16.5. The summed E-state index contributed by atoms with van der Waals surface area (Å²) in [5.74, 6) is 0.0140. The van der Waals surface area contributed by atoms with Gasteiger partial charge in [-0.05, 0) is 31.8 Å². The number of para-hydroxylation sites is 1. The van der Waals surface area contributed by atoms with Crippen LogP contribution in [-0.2, 0) is 16.1 Å². The van der Waals surface area contributed by atoms with Crippen LogP contribution in [0.5, 0.6) is 0 Å². The van der Waals surface area contributed by atoms with E-state index < -0.39 is 0 Å². The molecule has 0 N–H and O–H groups in total. The SMILES string of the molecule is CC(=O)N(CCC(=O)N(Cc1ccccc1)c1ccccc1)CCN(C)C. The van der Waals surface area contributed by atoms with E-state index in [1.54, 1.807) is 16.7 Å². The summed E-state index contributed by atoms with van der Waals surface area (Å²) in [4.78, 5) is 30.4. The molecule has 5 nitrogen and oxygen atoms in total. The van der Waals surface area contributed by atoms with Gasteiger partial charge in [-0.1, -0.05) is 48.5 Å². The molecule has 2 aromatic rings. The molecule has 0 bridgehead atoms. The van der Waals surface area contributed by atoms with E-state index in [2.05, 4.69) is 0 Å². The first-order chi connectivity index (χ1) is 13.0. The van der Waals surface area contributed by atoms with Crippen LogP contribution in [0, 0.1) is 0 Å². The van der Waals surface area contributed by atoms with Crippen molar-refractivity contribution in [3.05, 3.63) is 66.2 Å². The molecule has 0 atom stereocenters. The zero-order valence-corrected chi connectivity index (χ0v) is 16.5. The molecule has 0 aromatic heterocycles. The van der Waals surface area contributed by atoms with Crippen LogP contribution in [0.15, 0.2) is 60.7 Å².